The van der Waals surface area contributed by atoms with Crippen molar-refractivity contribution in [2.45, 2.75) is 63.0 Å². The Kier molecular flexibility index (Phi) is 9.39. The van der Waals surface area contributed by atoms with E-state index >= 15 is 0 Å². The highest BCUT2D eigenvalue weighted by Crippen LogP contribution is 2.26. The van der Waals surface area contributed by atoms with Gasteiger partial charge in [-0.2, -0.15) is 0 Å². The van der Waals surface area contributed by atoms with Crippen LogP contribution in [0.15, 0.2) is 59.5 Å². The van der Waals surface area contributed by atoms with E-state index in [-0.39, 0.29) is 17.9 Å². The fourth-order valence-corrected chi connectivity index (χ4v) is 5.03. The molecular weight excluding hydrogens is 474 g/mol. The van der Waals surface area contributed by atoms with Gasteiger partial charge in [-0.1, -0.05) is 48.0 Å². The van der Waals surface area contributed by atoms with Crippen LogP contribution < -0.4 is 4.72 Å². The van der Waals surface area contributed by atoms with Crippen LogP contribution in [0.3, 0.4) is 0 Å². The van der Waals surface area contributed by atoms with Crippen LogP contribution in [-0.4, -0.2) is 58.1 Å². The number of hydrogen-bond acceptors (Lipinski definition) is 8. The van der Waals surface area contributed by atoms with Gasteiger partial charge in [-0.05, 0) is 31.0 Å². The van der Waals surface area contributed by atoms with Gasteiger partial charge in [0.15, 0.2) is 6.29 Å². The number of esters is 2. The smallest absolute Gasteiger partial charge is 0.303 e. The first-order valence-electron chi connectivity index (χ1n) is 11.3. The minimum absolute atomic E-state index is 0.0780. The fraction of sp³-hybridized carbons (Fsp3) is 0.440. The minimum atomic E-state index is -3.95. The number of ether oxygens (including phenoxy) is 4. The Hall–Kier alpha value is -2.79. The van der Waals surface area contributed by atoms with Crippen LogP contribution >= 0.6 is 0 Å². The average molecular weight is 506 g/mol. The number of carbonyl (C=O) groups excluding carboxylic acids is 2. The molecule has 2 aromatic rings. The average Bonchev–Trinajstić information content (AvgIpc) is 2.80. The maximum Gasteiger partial charge on any atom is 0.303 e. The second-order valence-corrected chi connectivity index (χ2v) is 10.1. The molecule has 0 amide bonds. The Bertz CT molecular complexity index is 1090. The molecule has 1 aliphatic heterocycles. The lowest BCUT2D eigenvalue weighted by atomic mass is 9.99. The zero-order valence-electron chi connectivity index (χ0n) is 20.0. The molecule has 0 unspecified atom stereocenters. The highest BCUT2D eigenvalue weighted by Gasteiger charge is 2.44. The molecule has 1 N–H and O–H groups in total. The van der Waals surface area contributed by atoms with Crippen molar-refractivity contribution >= 4 is 22.0 Å². The molecule has 35 heavy (non-hydrogen) atoms. The molecule has 0 bridgehead atoms. The molecule has 2 aromatic carbocycles. The molecule has 0 radical (unpaired) electrons. The largest absolute Gasteiger partial charge is 0.463 e. The maximum absolute atomic E-state index is 13.1. The molecule has 4 atom stereocenters. The monoisotopic (exact) mass is 505 g/mol. The summed E-state index contributed by atoms with van der Waals surface area (Å²) in [7, 11) is -3.95. The van der Waals surface area contributed by atoms with E-state index < -0.39 is 46.5 Å². The van der Waals surface area contributed by atoms with Crippen molar-refractivity contribution in [2.24, 2.45) is 0 Å². The molecular formula is C25H31NO8S. The Balaban J connectivity index is 1.79. The SMILES string of the molecule is CC(=O)OC[C@H]1O[C@H](OCCc2ccccc2)C[C@H](NS(=O)(=O)c2ccc(C)cc2)[C@@H]1OC(C)=O. The van der Waals surface area contributed by atoms with E-state index in [0.717, 1.165) is 11.1 Å². The second kappa shape index (κ2) is 12.3. The number of sulfonamides is 1. The number of aryl methyl sites for hydroxylation is 1. The van der Waals surface area contributed by atoms with Crippen molar-refractivity contribution in [3.05, 3.63) is 65.7 Å². The number of benzene rings is 2. The summed E-state index contributed by atoms with van der Waals surface area (Å²) in [6, 6.07) is 15.3. The zero-order chi connectivity index (χ0) is 25.4. The van der Waals surface area contributed by atoms with Gasteiger partial charge in [0.25, 0.3) is 0 Å². The lowest BCUT2D eigenvalue weighted by Crippen LogP contribution is -2.58. The number of nitrogens with one attached hydrogen (secondary N) is 1. The highest BCUT2D eigenvalue weighted by atomic mass is 32.2. The van der Waals surface area contributed by atoms with Crippen molar-refractivity contribution in [3.8, 4) is 0 Å². The van der Waals surface area contributed by atoms with E-state index in [1.54, 1.807) is 12.1 Å². The molecule has 9 nitrogen and oxygen atoms in total. The molecule has 10 heteroatoms. The summed E-state index contributed by atoms with van der Waals surface area (Å²) in [5.41, 5.74) is 2.00. The van der Waals surface area contributed by atoms with Crippen molar-refractivity contribution < 1.29 is 37.0 Å². The van der Waals surface area contributed by atoms with Crippen LogP contribution in [0.25, 0.3) is 0 Å². The van der Waals surface area contributed by atoms with E-state index in [9.17, 15) is 18.0 Å². The number of hydrogen-bond donors (Lipinski definition) is 1. The normalized spacial score (nSPS) is 22.4. The first kappa shape index (κ1) is 26.8. The molecule has 0 aromatic heterocycles. The van der Waals surface area contributed by atoms with Gasteiger partial charge < -0.3 is 18.9 Å². The van der Waals surface area contributed by atoms with E-state index in [0.29, 0.717) is 13.0 Å². The second-order valence-electron chi connectivity index (χ2n) is 8.36. The van der Waals surface area contributed by atoms with Gasteiger partial charge in [0, 0.05) is 20.3 Å². The minimum Gasteiger partial charge on any atom is -0.463 e. The van der Waals surface area contributed by atoms with Crippen LogP contribution in [0.2, 0.25) is 0 Å². The predicted octanol–water partition coefficient (Wildman–Crippen LogP) is 2.51. The van der Waals surface area contributed by atoms with Crippen molar-refractivity contribution in [1.29, 1.82) is 0 Å². The lowest BCUT2D eigenvalue weighted by molar-refractivity contribution is -0.243. The third-order valence-electron chi connectivity index (χ3n) is 5.46. The quantitative estimate of drug-likeness (QED) is 0.490. The van der Waals surface area contributed by atoms with Crippen molar-refractivity contribution in [3.63, 3.8) is 0 Å². The van der Waals surface area contributed by atoms with E-state index in [1.165, 1.54) is 26.0 Å². The third kappa shape index (κ3) is 8.14. The molecule has 0 spiro atoms. The summed E-state index contributed by atoms with van der Waals surface area (Å²) in [5, 5.41) is 0. The van der Waals surface area contributed by atoms with Crippen LogP contribution in [0.5, 0.6) is 0 Å². The van der Waals surface area contributed by atoms with Crippen LogP contribution in [0, 0.1) is 6.92 Å². The van der Waals surface area contributed by atoms with Gasteiger partial charge in [-0.15, -0.1) is 0 Å². The first-order chi connectivity index (χ1) is 16.6. The number of carbonyl (C=O) groups is 2. The molecule has 0 saturated carbocycles. The molecule has 3 rings (SSSR count). The van der Waals surface area contributed by atoms with E-state index in [1.807, 2.05) is 37.3 Å². The summed E-state index contributed by atoms with van der Waals surface area (Å²) in [5.74, 6) is -1.16. The standard InChI is InChI=1S/C25H31NO8S/c1-17-9-11-21(12-10-17)35(29,30)26-22-15-24(31-14-13-20-7-5-4-6-8-20)34-23(16-32-18(2)27)25(22)33-19(3)28/h4-12,22-26H,13-16H2,1-3H3/t22-,23+,24-,25-/m0/s1. The number of rotatable bonds is 10. The zero-order valence-corrected chi connectivity index (χ0v) is 20.8. The summed E-state index contributed by atoms with van der Waals surface area (Å²) in [6.07, 6.45) is -2.04. The highest BCUT2D eigenvalue weighted by molar-refractivity contribution is 7.89. The lowest BCUT2D eigenvalue weighted by Gasteiger charge is -2.40. The fourth-order valence-electron chi connectivity index (χ4n) is 3.77. The van der Waals surface area contributed by atoms with Crippen LogP contribution in [0.4, 0.5) is 0 Å². The summed E-state index contributed by atoms with van der Waals surface area (Å²) < 4.78 is 51.2. The van der Waals surface area contributed by atoms with Gasteiger partial charge in [-0.25, -0.2) is 13.1 Å². The third-order valence-corrected chi connectivity index (χ3v) is 6.97. The Morgan fingerprint density at radius 2 is 1.71 bits per heavy atom. The van der Waals surface area contributed by atoms with Crippen LogP contribution in [-0.2, 0) is 45.0 Å². The van der Waals surface area contributed by atoms with Crippen LogP contribution in [0.1, 0.15) is 31.4 Å². The molecule has 1 heterocycles. The predicted molar refractivity (Wildman–Crippen MR) is 127 cm³/mol. The van der Waals surface area contributed by atoms with Gasteiger partial charge >= 0.3 is 11.9 Å². The van der Waals surface area contributed by atoms with Gasteiger partial charge in [-0.3, -0.25) is 9.59 Å². The first-order valence-corrected chi connectivity index (χ1v) is 12.8. The molecule has 190 valence electrons. The Morgan fingerprint density at radius 3 is 2.34 bits per heavy atom. The molecule has 1 saturated heterocycles. The Labute approximate surface area is 205 Å². The molecule has 1 aliphatic rings. The van der Waals surface area contributed by atoms with Crippen molar-refractivity contribution in [2.75, 3.05) is 13.2 Å². The van der Waals surface area contributed by atoms with Gasteiger partial charge in [0.1, 0.15) is 18.8 Å². The van der Waals surface area contributed by atoms with E-state index in [4.69, 9.17) is 18.9 Å². The van der Waals surface area contributed by atoms with Gasteiger partial charge in [0.05, 0.1) is 17.5 Å². The topological polar surface area (TPSA) is 117 Å². The van der Waals surface area contributed by atoms with Crippen molar-refractivity contribution in [1.82, 2.24) is 4.72 Å². The Morgan fingerprint density at radius 1 is 1.03 bits per heavy atom. The summed E-state index contributed by atoms with van der Waals surface area (Å²) in [6.45, 7) is 4.42. The molecule has 0 aliphatic carbocycles. The van der Waals surface area contributed by atoms with E-state index in [2.05, 4.69) is 4.72 Å². The summed E-state index contributed by atoms with van der Waals surface area (Å²) >= 11 is 0. The summed E-state index contributed by atoms with van der Waals surface area (Å²) in [4.78, 5) is 23.3. The molecule has 1 fully saturated rings. The maximum atomic E-state index is 13.1. The van der Waals surface area contributed by atoms with Gasteiger partial charge in [0.2, 0.25) is 10.0 Å².